The zero-order valence-electron chi connectivity index (χ0n) is 15.6. The van der Waals surface area contributed by atoms with E-state index in [-0.39, 0.29) is 31.3 Å². The maximum absolute atomic E-state index is 11.9. The summed E-state index contributed by atoms with van der Waals surface area (Å²) < 4.78 is 20.9. The van der Waals surface area contributed by atoms with E-state index in [0.717, 1.165) is 5.57 Å². The summed E-state index contributed by atoms with van der Waals surface area (Å²) in [6.07, 6.45) is -2.75. The fourth-order valence-electron chi connectivity index (χ4n) is 3.19. The summed E-state index contributed by atoms with van der Waals surface area (Å²) in [5, 5.41) is 39.3. The molecule has 0 aliphatic carbocycles. The molecular formula is C19H24O9. The number of phenols is 1. The molecule has 0 bridgehead atoms. The van der Waals surface area contributed by atoms with Gasteiger partial charge in [0.05, 0.1) is 20.3 Å². The Morgan fingerprint density at radius 2 is 2.07 bits per heavy atom. The van der Waals surface area contributed by atoms with Gasteiger partial charge in [0.2, 0.25) is 0 Å². The zero-order chi connectivity index (χ0) is 20.4. The number of aliphatic hydroxyl groups excluding tert-OH is 3. The van der Waals surface area contributed by atoms with Crippen LogP contribution < -0.4 is 4.74 Å². The summed E-state index contributed by atoms with van der Waals surface area (Å²) in [7, 11) is 1.42. The minimum atomic E-state index is -1.35. The van der Waals surface area contributed by atoms with Crippen LogP contribution in [0.25, 0.3) is 0 Å². The molecule has 0 saturated carbocycles. The van der Waals surface area contributed by atoms with E-state index in [1.165, 1.54) is 13.2 Å². The number of hydrogen-bond acceptors (Lipinski definition) is 9. The van der Waals surface area contributed by atoms with Crippen LogP contribution in [-0.2, 0) is 27.2 Å². The normalized spacial score (nSPS) is 27.5. The number of allylic oxidation sites excluding steroid dienone is 1. The second-order valence-electron chi connectivity index (χ2n) is 6.82. The molecule has 0 radical (unpaired) electrons. The van der Waals surface area contributed by atoms with Crippen LogP contribution in [0.15, 0.2) is 17.7 Å². The van der Waals surface area contributed by atoms with E-state index in [1.54, 1.807) is 6.92 Å². The Bertz CT molecular complexity index is 773. The Morgan fingerprint density at radius 1 is 1.32 bits per heavy atom. The van der Waals surface area contributed by atoms with Crippen LogP contribution in [0.1, 0.15) is 28.4 Å². The van der Waals surface area contributed by atoms with Crippen molar-refractivity contribution < 1.29 is 44.2 Å². The Labute approximate surface area is 161 Å². The number of phenolic OH excluding ortho intramolecular Hbond substituents is 1. The van der Waals surface area contributed by atoms with Crippen molar-refractivity contribution in [3.05, 3.63) is 34.4 Å². The molecule has 1 saturated heterocycles. The van der Waals surface area contributed by atoms with E-state index in [4.69, 9.17) is 18.9 Å². The maximum atomic E-state index is 11.9. The van der Waals surface area contributed by atoms with Crippen LogP contribution in [0.4, 0.5) is 0 Å². The highest BCUT2D eigenvalue weighted by atomic mass is 16.7. The predicted octanol–water partition coefficient (Wildman–Crippen LogP) is 0.0156. The number of rotatable bonds is 6. The molecule has 2 heterocycles. The quantitative estimate of drug-likeness (QED) is 0.387. The van der Waals surface area contributed by atoms with Crippen LogP contribution in [0.5, 0.6) is 11.5 Å². The molecule has 0 unspecified atom stereocenters. The first kappa shape index (κ1) is 20.6. The van der Waals surface area contributed by atoms with Gasteiger partial charge in [0, 0.05) is 17.2 Å². The van der Waals surface area contributed by atoms with E-state index in [9.17, 15) is 25.2 Å². The molecule has 1 fully saturated rings. The van der Waals surface area contributed by atoms with Gasteiger partial charge in [-0.3, -0.25) is 0 Å². The number of methoxy groups -OCH3 is 1. The van der Waals surface area contributed by atoms with Crippen molar-refractivity contribution in [1.82, 2.24) is 0 Å². The maximum Gasteiger partial charge on any atom is 0.342 e. The van der Waals surface area contributed by atoms with Crippen LogP contribution in [0.3, 0.4) is 0 Å². The second-order valence-corrected chi connectivity index (χ2v) is 6.82. The Morgan fingerprint density at radius 3 is 2.79 bits per heavy atom. The average molecular weight is 396 g/mol. The van der Waals surface area contributed by atoms with E-state index < -0.39 is 30.6 Å². The van der Waals surface area contributed by atoms with Crippen molar-refractivity contribution in [2.75, 3.05) is 20.3 Å². The molecule has 9 nitrogen and oxygen atoms in total. The molecule has 1 aromatic carbocycles. The van der Waals surface area contributed by atoms with Gasteiger partial charge in [-0.25, -0.2) is 4.79 Å². The highest BCUT2D eigenvalue weighted by Crippen LogP contribution is 2.38. The van der Waals surface area contributed by atoms with Crippen molar-refractivity contribution in [2.45, 2.75) is 44.6 Å². The number of aliphatic hydroxyl groups is 3. The third kappa shape index (κ3) is 3.98. The SMILES string of the molecule is COc1cc(O)c(CC=C(C)CO[C@@H]2OC[C@@H](O)[C@H](O)[C@H]2O)c2c1C(=O)OC2. The van der Waals surface area contributed by atoms with Gasteiger partial charge in [-0.2, -0.15) is 0 Å². The largest absolute Gasteiger partial charge is 0.508 e. The molecule has 28 heavy (non-hydrogen) atoms. The number of esters is 1. The molecule has 3 rings (SSSR count). The number of carbonyl (C=O) groups excluding carboxylic acids is 1. The lowest BCUT2D eigenvalue weighted by atomic mass is 9.97. The first-order valence-corrected chi connectivity index (χ1v) is 8.85. The van der Waals surface area contributed by atoms with Crippen LogP contribution in [-0.4, -0.2) is 71.3 Å². The van der Waals surface area contributed by atoms with Crippen LogP contribution >= 0.6 is 0 Å². The molecule has 0 aromatic heterocycles. The molecule has 2 aliphatic rings. The van der Waals surface area contributed by atoms with Gasteiger partial charge < -0.3 is 39.4 Å². The molecule has 0 amide bonds. The zero-order valence-corrected chi connectivity index (χ0v) is 15.6. The van der Waals surface area contributed by atoms with Gasteiger partial charge >= 0.3 is 5.97 Å². The Kier molecular flexibility index (Phi) is 6.21. The molecule has 1 aromatic rings. The van der Waals surface area contributed by atoms with Gasteiger partial charge in [-0.15, -0.1) is 0 Å². The van der Waals surface area contributed by atoms with Gasteiger partial charge in [0.25, 0.3) is 0 Å². The highest BCUT2D eigenvalue weighted by Gasteiger charge is 2.38. The standard InChI is InChI=1S/C19H24O9/c1-9(6-27-19-17(23)16(22)13(21)8-28-19)3-4-10-11-7-26-18(24)15(11)14(25-2)5-12(10)20/h3,5,13,16-17,19-23H,4,6-8H2,1-2H3/t13-,16+,17-,19-/m1/s1. The first-order chi connectivity index (χ1) is 13.3. The van der Waals surface area contributed by atoms with Crippen molar-refractivity contribution in [3.8, 4) is 11.5 Å². The summed E-state index contributed by atoms with van der Waals surface area (Å²) in [5.41, 5.74) is 2.26. The summed E-state index contributed by atoms with van der Waals surface area (Å²) >= 11 is 0. The monoisotopic (exact) mass is 396 g/mol. The number of cyclic esters (lactones) is 1. The first-order valence-electron chi connectivity index (χ1n) is 8.85. The minimum Gasteiger partial charge on any atom is -0.508 e. The molecule has 154 valence electrons. The highest BCUT2D eigenvalue weighted by molar-refractivity contribution is 5.97. The third-order valence-electron chi connectivity index (χ3n) is 4.85. The minimum absolute atomic E-state index is 0.00187. The van der Waals surface area contributed by atoms with E-state index in [1.807, 2.05) is 6.08 Å². The number of fused-ring (bicyclic) bond motifs is 1. The van der Waals surface area contributed by atoms with E-state index in [0.29, 0.717) is 23.1 Å². The smallest absolute Gasteiger partial charge is 0.342 e. The topological polar surface area (TPSA) is 135 Å². The summed E-state index contributed by atoms with van der Waals surface area (Å²) in [5.74, 6) is -0.213. The van der Waals surface area contributed by atoms with Crippen molar-refractivity contribution >= 4 is 5.97 Å². The number of benzene rings is 1. The molecule has 4 N–H and O–H groups in total. The van der Waals surface area contributed by atoms with Crippen molar-refractivity contribution in [2.24, 2.45) is 0 Å². The molecular weight excluding hydrogens is 372 g/mol. The predicted molar refractivity (Wildman–Crippen MR) is 95.0 cm³/mol. The lowest BCUT2D eigenvalue weighted by Crippen LogP contribution is -2.53. The molecule has 9 heteroatoms. The van der Waals surface area contributed by atoms with Crippen LogP contribution in [0, 0.1) is 0 Å². The molecule has 2 aliphatic heterocycles. The fourth-order valence-corrected chi connectivity index (χ4v) is 3.19. The third-order valence-corrected chi connectivity index (χ3v) is 4.85. The molecule has 0 spiro atoms. The van der Waals surface area contributed by atoms with Crippen molar-refractivity contribution in [3.63, 3.8) is 0 Å². The van der Waals surface area contributed by atoms with Gasteiger partial charge in [-0.1, -0.05) is 11.6 Å². The number of aromatic hydroxyl groups is 1. The van der Waals surface area contributed by atoms with Crippen molar-refractivity contribution in [1.29, 1.82) is 0 Å². The number of hydrogen-bond donors (Lipinski definition) is 4. The lowest BCUT2D eigenvalue weighted by Gasteiger charge is -2.34. The average Bonchev–Trinajstić information content (AvgIpc) is 3.06. The lowest BCUT2D eigenvalue weighted by molar-refractivity contribution is -0.267. The van der Waals surface area contributed by atoms with Gasteiger partial charge in [-0.05, 0) is 13.3 Å². The van der Waals surface area contributed by atoms with Gasteiger partial charge in [0.1, 0.15) is 42.0 Å². The summed E-state index contributed by atoms with van der Waals surface area (Å²) in [4.78, 5) is 11.9. The van der Waals surface area contributed by atoms with E-state index in [2.05, 4.69) is 0 Å². The summed E-state index contributed by atoms with van der Waals surface area (Å²) in [6.45, 7) is 1.84. The van der Waals surface area contributed by atoms with Gasteiger partial charge in [0.15, 0.2) is 6.29 Å². The summed E-state index contributed by atoms with van der Waals surface area (Å²) in [6, 6.07) is 1.39. The molecule has 4 atom stereocenters. The Hall–Kier alpha value is -2.17. The number of ether oxygens (including phenoxy) is 4. The fraction of sp³-hybridized carbons (Fsp3) is 0.526. The van der Waals surface area contributed by atoms with Crippen LogP contribution in [0.2, 0.25) is 0 Å². The second kappa shape index (κ2) is 8.46. The number of carbonyl (C=O) groups is 1. The Balaban J connectivity index is 1.67. The van der Waals surface area contributed by atoms with E-state index >= 15 is 0 Å².